The predicted octanol–water partition coefficient (Wildman–Crippen LogP) is 12.0. The summed E-state index contributed by atoms with van der Waals surface area (Å²) in [6.07, 6.45) is 38.3. The molecule has 0 aliphatic heterocycles. The molecule has 0 rings (SSSR count). The summed E-state index contributed by atoms with van der Waals surface area (Å²) in [7, 11) is 2.48. The van der Waals surface area contributed by atoms with Crippen LogP contribution in [0.1, 0.15) is 181 Å². The van der Waals surface area contributed by atoms with Crippen LogP contribution in [0.3, 0.4) is 0 Å². The number of nitrogens with zero attached hydrogens (tertiary/aromatic N) is 1. The van der Waals surface area contributed by atoms with Crippen molar-refractivity contribution < 1.29 is 4.48 Å². The zero-order valence-electron chi connectivity index (χ0n) is 26.1. The van der Waals surface area contributed by atoms with Gasteiger partial charge in [-0.15, -0.1) is 0 Å². The molecule has 2 atom stereocenters. The Morgan fingerprint density at radius 2 is 0.861 bits per heavy atom. The molecular weight excluding hydrogens is 434 g/mol. The molecule has 0 saturated carbocycles. The zero-order chi connectivity index (χ0) is 26.6. The Hall–Kier alpha value is -0.300. The topological polar surface area (TPSA) is 0 Å². The number of hydrogen-bond donors (Lipinski definition) is 0. The number of quaternary nitrogens is 1. The summed E-state index contributed by atoms with van der Waals surface area (Å²) < 4.78 is 1.21. The lowest BCUT2D eigenvalue weighted by Gasteiger charge is -2.34. The molecule has 36 heavy (non-hydrogen) atoms. The third kappa shape index (κ3) is 25.4. The second kappa shape index (κ2) is 27.7. The Bertz CT molecular complexity index is 430. The first-order valence-corrected chi connectivity index (χ1v) is 17.0. The van der Waals surface area contributed by atoms with Gasteiger partial charge in [0.2, 0.25) is 0 Å². The van der Waals surface area contributed by atoms with Crippen molar-refractivity contribution in [3.8, 4) is 0 Å². The Labute approximate surface area is 230 Å². The molecule has 2 unspecified atom stereocenters. The second-order valence-corrected chi connectivity index (χ2v) is 12.6. The molecule has 0 aromatic carbocycles. The molecule has 0 N–H and O–H groups in total. The lowest BCUT2D eigenvalue weighted by molar-refractivity contribution is -0.904. The first kappa shape index (κ1) is 35.7. The predicted molar refractivity (Wildman–Crippen MR) is 167 cm³/mol. The summed E-state index contributed by atoms with van der Waals surface area (Å²) in [6, 6.07) is 0. The van der Waals surface area contributed by atoms with Gasteiger partial charge in [-0.25, -0.2) is 0 Å². The molecular formula is C35H72N+. The van der Waals surface area contributed by atoms with E-state index >= 15 is 0 Å². The molecule has 1 heteroatoms. The summed E-state index contributed by atoms with van der Waals surface area (Å²) in [6.45, 7) is 15.0. The molecule has 0 aliphatic carbocycles. The quantitative estimate of drug-likeness (QED) is 0.0516. The summed E-state index contributed by atoms with van der Waals surface area (Å²) in [5.41, 5.74) is 0. The van der Waals surface area contributed by atoms with Gasteiger partial charge < -0.3 is 4.48 Å². The highest BCUT2D eigenvalue weighted by Gasteiger charge is 2.20. The number of rotatable bonds is 30. The molecule has 0 bridgehead atoms. The third-order valence-electron chi connectivity index (χ3n) is 8.58. The molecule has 0 amide bonds. The zero-order valence-corrected chi connectivity index (χ0v) is 26.1. The Balaban J connectivity index is 3.70. The molecule has 0 aromatic rings. The third-order valence-corrected chi connectivity index (χ3v) is 8.58. The first-order chi connectivity index (χ1) is 17.6. The van der Waals surface area contributed by atoms with E-state index < -0.39 is 0 Å². The standard InChI is InChI=1S/C35H72N/c1-6-9-11-13-15-17-19-20-21-23-25-27-29-33-36(5,32-8-3)34-31-35(4)30-28-26-24-22-18-16-14-12-10-7-2/h8,35H,3,6-7,9-34H2,1-2,4-5H3/q+1. The van der Waals surface area contributed by atoms with Gasteiger partial charge in [0.15, 0.2) is 0 Å². The van der Waals surface area contributed by atoms with Crippen LogP contribution in [0, 0.1) is 5.92 Å². The van der Waals surface area contributed by atoms with E-state index in [0.717, 1.165) is 12.5 Å². The van der Waals surface area contributed by atoms with Gasteiger partial charge in [-0.3, -0.25) is 0 Å². The SMILES string of the molecule is C=CC[N+](C)(CCCCCCCCCCCCCCC)CCC(C)CCCCCCCCCCCC. The van der Waals surface area contributed by atoms with Crippen molar-refractivity contribution in [1.82, 2.24) is 0 Å². The normalized spacial score (nSPS) is 14.1. The fourth-order valence-corrected chi connectivity index (χ4v) is 5.77. The second-order valence-electron chi connectivity index (χ2n) is 12.6. The Morgan fingerprint density at radius 3 is 1.25 bits per heavy atom. The number of hydrogen-bond acceptors (Lipinski definition) is 0. The molecule has 0 fully saturated rings. The van der Waals surface area contributed by atoms with E-state index in [4.69, 9.17) is 0 Å². The van der Waals surface area contributed by atoms with Crippen LogP contribution >= 0.6 is 0 Å². The smallest absolute Gasteiger partial charge is 0.0969 e. The van der Waals surface area contributed by atoms with Crippen molar-refractivity contribution in [2.75, 3.05) is 26.7 Å². The van der Waals surface area contributed by atoms with E-state index in [-0.39, 0.29) is 0 Å². The van der Waals surface area contributed by atoms with Gasteiger partial charge in [-0.05, 0) is 31.3 Å². The minimum atomic E-state index is 0.882. The molecule has 0 spiro atoms. The minimum Gasteiger partial charge on any atom is -0.323 e. The average molecular weight is 507 g/mol. The average Bonchev–Trinajstić information content (AvgIpc) is 2.87. The Morgan fingerprint density at radius 1 is 0.500 bits per heavy atom. The lowest BCUT2D eigenvalue weighted by atomic mass is 9.98. The molecule has 0 aliphatic rings. The van der Waals surface area contributed by atoms with E-state index in [0.29, 0.717) is 0 Å². The van der Waals surface area contributed by atoms with Crippen molar-refractivity contribution in [3.05, 3.63) is 12.7 Å². The highest BCUT2D eigenvalue weighted by molar-refractivity contribution is 4.66. The van der Waals surface area contributed by atoms with Crippen LogP contribution in [0.4, 0.5) is 0 Å². The summed E-state index contributed by atoms with van der Waals surface area (Å²) >= 11 is 0. The maximum atomic E-state index is 4.08. The van der Waals surface area contributed by atoms with Gasteiger partial charge in [0.25, 0.3) is 0 Å². The van der Waals surface area contributed by atoms with Gasteiger partial charge in [-0.2, -0.15) is 0 Å². The van der Waals surface area contributed by atoms with Gasteiger partial charge in [-0.1, -0.05) is 169 Å². The van der Waals surface area contributed by atoms with Crippen LogP contribution in [-0.2, 0) is 0 Å². The maximum absolute atomic E-state index is 4.08. The Kier molecular flexibility index (Phi) is 27.5. The fourth-order valence-electron chi connectivity index (χ4n) is 5.77. The van der Waals surface area contributed by atoms with Crippen LogP contribution in [-0.4, -0.2) is 31.2 Å². The van der Waals surface area contributed by atoms with Crippen LogP contribution in [0.25, 0.3) is 0 Å². The highest BCUT2D eigenvalue weighted by atomic mass is 15.3. The fraction of sp³-hybridized carbons (Fsp3) is 0.943. The maximum Gasteiger partial charge on any atom is 0.0969 e. The monoisotopic (exact) mass is 507 g/mol. The molecule has 1 nitrogen and oxygen atoms in total. The lowest BCUT2D eigenvalue weighted by Crippen LogP contribution is -2.46. The number of likely N-dealkylation sites (N-methyl/N-ethyl adjacent to an activating group) is 1. The molecule has 0 saturated heterocycles. The van der Waals surface area contributed by atoms with Crippen molar-refractivity contribution in [3.63, 3.8) is 0 Å². The highest BCUT2D eigenvalue weighted by Crippen LogP contribution is 2.19. The van der Waals surface area contributed by atoms with E-state index in [1.54, 1.807) is 0 Å². The van der Waals surface area contributed by atoms with Crippen LogP contribution < -0.4 is 0 Å². The first-order valence-electron chi connectivity index (χ1n) is 17.0. The van der Waals surface area contributed by atoms with Gasteiger partial charge >= 0.3 is 0 Å². The van der Waals surface area contributed by atoms with Gasteiger partial charge in [0.1, 0.15) is 0 Å². The molecule has 0 heterocycles. The van der Waals surface area contributed by atoms with Gasteiger partial charge in [0.05, 0.1) is 26.7 Å². The summed E-state index contributed by atoms with van der Waals surface area (Å²) in [5, 5.41) is 0. The molecule has 216 valence electrons. The van der Waals surface area contributed by atoms with E-state index in [9.17, 15) is 0 Å². The number of unbranched alkanes of at least 4 members (excludes halogenated alkanes) is 21. The minimum absolute atomic E-state index is 0.882. The summed E-state index contributed by atoms with van der Waals surface area (Å²) in [5.74, 6) is 0.882. The molecule has 0 radical (unpaired) electrons. The van der Waals surface area contributed by atoms with Crippen molar-refractivity contribution in [2.24, 2.45) is 5.92 Å². The van der Waals surface area contributed by atoms with E-state index in [1.165, 1.54) is 178 Å². The van der Waals surface area contributed by atoms with Crippen molar-refractivity contribution >= 4 is 0 Å². The summed E-state index contributed by atoms with van der Waals surface area (Å²) in [4.78, 5) is 0. The van der Waals surface area contributed by atoms with E-state index in [2.05, 4.69) is 40.5 Å². The van der Waals surface area contributed by atoms with Crippen LogP contribution in [0.15, 0.2) is 12.7 Å². The largest absolute Gasteiger partial charge is 0.323 e. The van der Waals surface area contributed by atoms with Crippen LogP contribution in [0.5, 0.6) is 0 Å². The van der Waals surface area contributed by atoms with Crippen molar-refractivity contribution in [2.45, 2.75) is 181 Å². The molecule has 0 aromatic heterocycles. The van der Waals surface area contributed by atoms with Gasteiger partial charge in [0, 0.05) is 0 Å². The van der Waals surface area contributed by atoms with Crippen LogP contribution in [0.2, 0.25) is 0 Å². The van der Waals surface area contributed by atoms with Crippen molar-refractivity contribution in [1.29, 1.82) is 0 Å². The van der Waals surface area contributed by atoms with E-state index in [1.807, 2.05) is 0 Å².